The summed E-state index contributed by atoms with van der Waals surface area (Å²) in [5, 5.41) is 0. The normalized spacial score (nSPS) is 9.00. The largest absolute Gasteiger partial charge is 1.00 e. The first-order chi connectivity index (χ1) is 3.91. The molecule has 0 aromatic rings. The van der Waals surface area contributed by atoms with Gasteiger partial charge in [0, 0.05) is 0 Å². The van der Waals surface area contributed by atoms with Gasteiger partial charge in [0.2, 0.25) is 0 Å². The molecule has 0 unspecified atom stereocenters. The molecule has 48 valence electrons. The molecular formula is C8H15Li. The summed E-state index contributed by atoms with van der Waals surface area (Å²) in [7, 11) is 0. The minimum absolute atomic E-state index is 0. The molecule has 0 N–H and O–H groups in total. The summed E-state index contributed by atoms with van der Waals surface area (Å²) in [5.74, 6) is 0. The maximum atomic E-state index is 3.57. The van der Waals surface area contributed by atoms with Gasteiger partial charge >= 0.3 is 18.9 Å². The zero-order chi connectivity index (χ0) is 6.24. The quantitative estimate of drug-likeness (QED) is 0.278. The molecule has 0 amide bonds. The minimum Gasteiger partial charge on any atom is -1.00 e. The van der Waals surface area contributed by atoms with Crippen LogP contribution in [-0.2, 0) is 0 Å². The molecule has 0 aromatic carbocycles. The maximum Gasteiger partial charge on any atom is 1.00 e. The topological polar surface area (TPSA) is 0 Å². The van der Waals surface area contributed by atoms with E-state index in [1.807, 2.05) is 12.2 Å². The second-order valence-corrected chi connectivity index (χ2v) is 1.81. The van der Waals surface area contributed by atoms with Crippen molar-refractivity contribution in [1.82, 2.24) is 0 Å². The Kier molecular flexibility index (Phi) is 14.4. The van der Waals surface area contributed by atoms with E-state index in [-0.39, 0.29) is 20.3 Å². The van der Waals surface area contributed by atoms with Gasteiger partial charge in [-0.25, -0.2) is 0 Å². The van der Waals surface area contributed by atoms with Crippen LogP contribution in [0, 0.1) is 0 Å². The molecule has 0 nitrogen and oxygen atoms in total. The van der Waals surface area contributed by atoms with Crippen LogP contribution in [-0.4, -0.2) is 0 Å². The van der Waals surface area contributed by atoms with E-state index in [1.54, 1.807) is 0 Å². The second-order valence-electron chi connectivity index (χ2n) is 1.81. The molecule has 0 rings (SSSR count). The molecule has 0 aromatic heterocycles. The van der Waals surface area contributed by atoms with E-state index in [2.05, 4.69) is 19.6 Å². The van der Waals surface area contributed by atoms with Gasteiger partial charge in [-0.3, -0.25) is 0 Å². The van der Waals surface area contributed by atoms with E-state index in [9.17, 15) is 0 Å². The summed E-state index contributed by atoms with van der Waals surface area (Å²) in [6, 6.07) is 0. The first kappa shape index (κ1) is 11.8. The maximum absolute atomic E-state index is 3.57. The van der Waals surface area contributed by atoms with Crippen molar-refractivity contribution in [3.05, 3.63) is 24.8 Å². The van der Waals surface area contributed by atoms with Crippen LogP contribution < -0.4 is 18.9 Å². The van der Waals surface area contributed by atoms with Gasteiger partial charge in [0.25, 0.3) is 0 Å². The predicted octanol–water partition coefficient (Wildman–Crippen LogP) is 0.0353. The van der Waals surface area contributed by atoms with Crippen LogP contribution in [0.15, 0.2) is 24.8 Å². The number of hydrogen-bond acceptors (Lipinski definition) is 0. The Morgan fingerprint density at radius 2 is 2.22 bits per heavy atom. The van der Waals surface area contributed by atoms with Crippen molar-refractivity contribution in [3.8, 4) is 0 Å². The van der Waals surface area contributed by atoms with Gasteiger partial charge < -0.3 is 1.43 Å². The van der Waals surface area contributed by atoms with E-state index in [1.165, 1.54) is 19.3 Å². The molecule has 0 bridgehead atoms. The SMILES string of the molecule is C=CC=CCCCC.[H-].[Li+]. The zero-order valence-corrected chi connectivity index (χ0v) is 6.56. The van der Waals surface area contributed by atoms with E-state index in [4.69, 9.17) is 0 Å². The van der Waals surface area contributed by atoms with Crippen molar-refractivity contribution < 1.29 is 20.3 Å². The molecule has 9 heavy (non-hydrogen) atoms. The first-order valence-corrected chi connectivity index (χ1v) is 3.19. The fourth-order valence-electron chi connectivity index (χ4n) is 0.514. The molecule has 0 fully saturated rings. The van der Waals surface area contributed by atoms with Gasteiger partial charge in [0.1, 0.15) is 0 Å². The summed E-state index contributed by atoms with van der Waals surface area (Å²) in [6.45, 7) is 5.77. The van der Waals surface area contributed by atoms with Gasteiger partial charge in [-0.1, -0.05) is 44.6 Å². The number of rotatable bonds is 4. The first-order valence-electron chi connectivity index (χ1n) is 3.19. The van der Waals surface area contributed by atoms with Crippen molar-refractivity contribution in [1.29, 1.82) is 0 Å². The van der Waals surface area contributed by atoms with Crippen molar-refractivity contribution in [3.63, 3.8) is 0 Å². The Morgan fingerprint density at radius 1 is 1.56 bits per heavy atom. The summed E-state index contributed by atoms with van der Waals surface area (Å²) in [4.78, 5) is 0. The summed E-state index contributed by atoms with van der Waals surface area (Å²) >= 11 is 0. The van der Waals surface area contributed by atoms with Crippen LogP contribution in [0.3, 0.4) is 0 Å². The minimum atomic E-state index is 0. The Labute approximate surface area is 71.7 Å². The van der Waals surface area contributed by atoms with Crippen molar-refractivity contribution >= 4 is 0 Å². The Hall–Kier alpha value is 0.0774. The monoisotopic (exact) mass is 118 g/mol. The molecule has 0 atom stereocenters. The van der Waals surface area contributed by atoms with E-state index in [0.717, 1.165) is 0 Å². The molecular weight excluding hydrogens is 103 g/mol. The summed E-state index contributed by atoms with van der Waals surface area (Å²) < 4.78 is 0. The molecule has 0 saturated carbocycles. The standard InChI is InChI=1S/C8H14.Li.H/c1-3-5-7-8-6-4-2;;/h3,5,7H,1,4,6,8H2,2H3;;/q;+1;-1. The fraction of sp³-hybridized carbons (Fsp3) is 0.500. The summed E-state index contributed by atoms with van der Waals surface area (Å²) in [5.41, 5.74) is 0. The predicted molar refractivity (Wildman–Crippen MR) is 40.0 cm³/mol. The van der Waals surface area contributed by atoms with Gasteiger partial charge in [-0.15, -0.1) is 0 Å². The van der Waals surface area contributed by atoms with E-state index < -0.39 is 0 Å². The second kappa shape index (κ2) is 11.0. The third-order valence-electron chi connectivity index (χ3n) is 0.997. The third kappa shape index (κ3) is 11.6. The Balaban J connectivity index is -0.000000245. The number of allylic oxidation sites excluding steroid dienone is 3. The average Bonchev–Trinajstić information content (AvgIpc) is 1.81. The Bertz CT molecular complexity index is 79.3. The van der Waals surface area contributed by atoms with Crippen LogP contribution >= 0.6 is 0 Å². The van der Waals surface area contributed by atoms with Crippen molar-refractivity contribution in [2.75, 3.05) is 0 Å². The van der Waals surface area contributed by atoms with E-state index in [0.29, 0.717) is 0 Å². The molecule has 0 spiro atoms. The molecule has 0 radical (unpaired) electrons. The smallest absolute Gasteiger partial charge is 1.00 e. The summed E-state index contributed by atoms with van der Waals surface area (Å²) in [6.07, 6.45) is 9.73. The molecule has 0 heterocycles. The molecule has 0 aliphatic carbocycles. The Morgan fingerprint density at radius 3 is 2.67 bits per heavy atom. The number of unbranched alkanes of at least 4 members (excludes halogenated alkanes) is 2. The van der Waals surface area contributed by atoms with Crippen LogP contribution in [0.1, 0.15) is 27.6 Å². The number of hydrogen-bond donors (Lipinski definition) is 0. The molecule has 1 heteroatoms. The third-order valence-corrected chi connectivity index (χ3v) is 0.997. The average molecular weight is 118 g/mol. The van der Waals surface area contributed by atoms with Crippen LogP contribution in [0.2, 0.25) is 0 Å². The van der Waals surface area contributed by atoms with Gasteiger partial charge in [-0.05, 0) is 6.42 Å². The molecule has 0 aliphatic rings. The van der Waals surface area contributed by atoms with Crippen molar-refractivity contribution in [2.24, 2.45) is 0 Å². The zero-order valence-electron chi connectivity index (χ0n) is 7.56. The van der Waals surface area contributed by atoms with E-state index >= 15 is 0 Å². The van der Waals surface area contributed by atoms with Gasteiger partial charge in [0.15, 0.2) is 0 Å². The molecule has 0 saturated heterocycles. The van der Waals surface area contributed by atoms with Gasteiger partial charge in [-0.2, -0.15) is 0 Å². The van der Waals surface area contributed by atoms with Crippen LogP contribution in [0.4, 0.5) is 0 Å². The molecule has 0 aliphatic heterocycles. The fourth-order valence-corrected chi connectivity index (χ4v) is 0.514. The van der Waals surface area contributed by atoms with Gasteiger partial charge in [0.05, 0.1) is 0 Å². The van der Waals surface area contributed by atoms with Crippen LogP contribution in [0.5, 0.6) is 0 Å². The van der Waals surface area contributed by atoms with Crippen LogP contribution in [0.25, 0.3) is 0 Å². The van der Waals surface area contributed by atoms with Crippen molar-refractivity contribution in [2.45, 2.75) is 26.2 Å².